The zero-order valence-electron chi connectivity index (χ0n) is 14.8. The van der Waals surface area contributed by atoms with Crippen LogP contribution in [-0.4, -0.2) is 20.6 Å². The van der Waals surface area contributed by atoms with E-state index in [1.54, 1.807) is 30.7 Å². The van der Waals surface area contributed by atoms with Crippen LogP contribution in [0.1, 0.15) is 5.56 Å². The minimum absolute atomic E-state index is 0.0416. The molecule has 0 atom stereocenters. The van der Waals surface area contributed by atoms with E-state index in [1.165, 1.54) is 16.7 Å². The van der Waals surface area contributed by atoms with E-state index >= 15 is 0 Å². The molecule has 4 rings (SSSR count). The summed E-state index contributed by atoms with van der Waals surface area (Å²) in [4.78, 5) is 20.7. The van der Waals surface area contributed by atoms with E-state index in [1.807, 2.05) is 12.1 Å². The number of halogens is 3. The molecule has 0 aliphatic carbocycles. The zero-order chi connectivity index (χ0) is 20.6. The van der Waals surface area contributed by atoms with Gasteiger partial charge in [-0.15, -0.1) is 0 Å². The molecule has 9 heteroatoms. The topological polar surface area (TPSA) is 85.8 Å². The van der Waals surface area contributed by atoms with Crippen molar-refractivity contribution in [2.75, 3.05) is 11.1 Å². The maximum atomic E-state index is 12.9. The predicted molar refractivity (Wildman–Crippen MR) is 103 cm³/mol. The first-order valence-corrected chi connectivity index (χ1v) is 8.49. The summed E-state index contributed by atoms with van der Waals surface area (Å²) in [5.41, 5.74) is 6.66. The second kappa shape index (κ2) is 6.93. The first kappa shape index (κ1) is 18.5. The Morgan fingerprint density at radius 1 is 1.03 bits per heavy atom. The van der Waals surface area contributed by atoms with E-state index in [-0.39, 0.29) is 11.6 Å². The SMILES string of the molecule is Nc1ncc(-c2cn(C(=O)Nc3cccc(C(F)(F)F)c3)c3ccccc23)cn1. The van der Waals surface area contributed by atoms with Gasteiger partial charge in [0.25, 0.3) is 0 Å². The van der Waals surface area contributed by atoms with E-state index in [9.17, 15) is 18.0 Å². The fraction of sp³-hybridized carbons (Fsp3) is 0.0500. The van der Waals surface area contributed by atoms with Gasteiger partial charge in [0.05, 0.1) is 11.1 Å². The number of nitrogens with one attached hydrogen (secondary N) is 1. The highest BCUT2D eigenvalue weighted by Gasteiger charge is 2.30. The Balaban J connectivity index is 1.73. The molecule has 0 bridgehead atoms. The molecule has 0 aliphatic heterocycles. The van der Waals surface area contributed by atoms with Gasteiger partial charge >= 0.3 is 12.2 Å². The number of hydrogen-bond acceptors (Lipinski definition) is 4. The minimum atomic E-state index is -4.50. The van der Waals surface area contributed by atoms with E-state index < -0.39 is 17.8 Å². The molecule has 6 nitrogen and oxygen atoms in total. The summed E-state index contributed by atoms with van der Waals surface area (Å²) in [6.45, 7) is 0. The number of nitrogens with zero attached hydrogens (tertiary/aromatic N) is 3. The predicted octanol–water partition coefficient (Wildman–Crippen LogP) is 4.78. The summed E-state index contributed by atoms with van der Waals surface area (Å²) < 4.78 is 40.1. The molecule has 0 spiro atoms. The zero-order valence-corrected chi connectivity index (χ0v) is 14.8. The molecule has 0 aliphatic rings. The fourth-order valence-corrected chi connectivity index (χ4v) is 3.01. The lowest BCUT2D eigenvalue weighted by Gasteiger charge is -2.10. The number of fused-ring (bicyclic) bond motifs is 1. The number of benzene rings is 2. The Morgan fingerprint density at radius 2 is 1.76 bits per heavy atom. The summed E-state index contributed by atoms with van der Waals surface area (Å²) in [6, 6.07) is 11.0. The van der Waals surface area contributed by atoms with Crippen LogP contribution in [0.2, 0.25) is 0 Å². The van der Waals surface area contributed by atoms with Gasteiger partial charge in [-0.05, 0) is 24.3 Å². The summed E-state index contributed by atoms with van der Waals surface area (Å²) in [5.74, 6) is 0.125. The molecule has 0 saturated heterocycles. The van der Waals surface area contributed by atoms with Crippen LogP contribution in [0.4, 0.5) is 29.6 Å². The van der Waals surface area contributed by atoms with Gasteiger partial charge in [-0.1, -0.05) is 24.3 Å². The quantitative estimate of drug-likeness (QED) is 0.510. The third-order valence-corrected chi connectivity index (χ3v) is 4.35. The van der Waals surface area contributed by atoms with Gasteiger partial charge in [0, 0.05) is 40.8 Å². The molecule has 0 fully saturated rings. The molecular weight excluding hydrogens is 383 g/mol. The summed E-state index contributed by atoms with van der Waals surface area (Å²) in [6.07, 6.45) is 0.171. The van der Waals surface area contributed by atoms with Gasteiger partial charge in [0.15, 0.2) is 0 Å². The average molecular weight is 397 g/mol. The largest absolute Gasteiger partial charge is 0.416 e. The van der Waals surface area contributed by atoms with Crippen LogP contribution in [0, 0.1) is 0 Å². The lowest BCUT2D eigenvalue weighted by atomic mass is 10.1. The molecule has 0 unspecified atom stereocenters. The lowest BCUT2D eigenvalue weighted by molar-refractivity contribution is -0.137. The van der Waals surface area contributed by atoms with E-state index in [4.69, 9.17) is 5.73 Å². The number of aromatic nitrogens is 3. The second-order valence-electron chi connectivity index (χ2n) is 6.27. The van der Waals surface area contributed by atoms with Crippen molar-refractivity contribution < 1.29 is 18.0 Å². The van der Waals surface area contributed by atoms with Crippen LogP contribution in [0.5, 0.6) is 0 Å². The Hall–Kier alpha value is -3.88. The Kier molecular flexibility index (Phi) is 4.42. The van der Waals surface area contributed by atoms with Gasteiger partial charge in [0.2, 0.25) is 5.95 Å². The Morgan fingerprint density at radius 3 is 2.48 bits per heavy atom. The van der Waals surface area contributed by atoms with E-state index in [2.05, 4.69) is 15.3 Å². The average Bonchev–Trinajstić information content (AvgIpc) is 3.08. The van der Waals surface area contributed by atoms with Gasteiger partial charge < -0.3 is 11.1 Å². The molecule has 3 N–H and O–H groups in total. The molecule has 2 aromatic carbocycles. The van der Waals surface area contributed by atoms with Gasteiger partial charge in [-0.25, -0.2) is 14.8 Å². The van der Waals surface area contributed by atoms with Gasteiger partial charge in [-0.2, -0.15) is 13.2 Å². The lowest BCUT2D eigenvalue weighted by Crippen LogP contribution is -2.18. The molecule has 0 radical (unpaired) electrons. The number of hydrogen-bond donors (Lipinski definition) is 2. The number of carbonyl (C=O) groups excluding carboxylic acids is 1. The molecule has 2 aromatic heterocycles. The summed E-state index contributed by atoms with van der Waals surface area (Å²) in [7, 11) is 0. The van der Waals surface area contributed by atoms with Crippen molar-refractivity contribution in [3.8, 4) is 11.1 Å². The fourth-order valence-electron chi connectivity index (χ4n) is 3.01. The van der Waals surface area contributed by atoms with Crippen LogP contribution in [0.25, 0.3) is 22.0 Å². The third kappa shape index (κ3) is 3.62. The van der Waals surface area contributed by atoms with Crippen molar-refractivity contribution in [2.24, 2.45) is 0 Å². The summed E-state index contributed by atoms with van der Waals surface area (Å²) in [5, 5.41) is 3.27. The standard InChI is InChI=1S/C20H14F3N5O/c21-20(22,23)13-4-3-5-14(8-13)27-19(29)28-11-16(12-9-25-18(24)26-10-12)15-6-1-2-7-17(15)28/h1-11H,(H,27,29)(H2,24,25,26). The number of para-hydroxylation sites is 1. The van der Waals surface area contributed by atoms with Crippen LogP contribution >= 0.6 is 0 Å². The van der Waals surface area contributed by atoms with Crippen molar-refractivity contribution in [1.29, 1.82) is 0 Å². The number of rotatable bonds is 2. The van der Waals surface area contributed by atoms with E-state index in [0.29, 0.717) is 16.6 Å². The molecule has 0 saturated carbocycles. The molecular formula is C20H14F3N5O. The van der Waals surface area contributed by atoms with Crippen molar-refractivity contribution in [2.45, 2.75) is 6.18 Å². The Bertz CT molecular complexity index is 1200. The molecule has 4 aromatic rings. The Labute approximate surface area is 162 Å². The second-order valence-corrected chi connectivity index (χ2v) is 6.27. The number of nitrogen functional groups attached to an aromatic ring is 1. The number of nitrogens with two attached hydrogens (primary N) is 1. The van der Waals surface area contributed by atoms with Crippen molar-refractivity contribution >= 4 is 28.6 Å². The van der Waals surface area contributed by atoms with E-state index in [0.717, 1.165) is 17.5 Å². The minimum Gasteiger partial charge on any atom is -0.368 e. The molecule has 29 heavy (non-hydrogen) atoms. The maximum Gasteiger partial charge on any atom is 0.416 e. The van der Waals surface area contributed by atoms with Gasteiger partial charge in [0.1, 0.15) is 0 Å². The highest BCUT2D eigenvalue weighted by atomic mass is 19.4. The first-order valence-electron chi connectivity index (χ1n) is 8.49. The van der Waals surface area contributed by atoms with Gasteiger partial charge in [-0.3, -0.25) is 4.57 Å². The number of anilines is 2. The van der Waals surface area contributed by atoms with Crippen LogP contribution in [0.3, 0.4) is 0 Å². The van der Waals surface area contributed by atoms with Crippen molar-refractivity contribution in [1.82, 2.24) is 14.5 Å². The van der Waals surface area contributed by atoms with Crippen LogP contribution in [-0.2, 0) is 6.18 Å². The molecule has 2 heterocycles. The van der Waals surface area contributed by atoms with Crippen molar-refractivity contribution in [3.05, 3.63) is 72.7 Å². The maximum absolute atomic E-state index is 12.9. The normalized spacial score (nSPS) is 11.6. The number of amides is 1. The number of carbonyl (C=O) groups is 1. The third-order valence-electron chi connectivity index (χ3n) is 4.35. The highest BCUT2D eigenvalue weighted by molar-refractivity contribution is 6.04. The van der Waals surface area contributed by atoms with Crippen molar-refractivity contribution in [3.63, 3.8) is 0 Å². The molecule has 146 valence electrons. The first-order chi connectivity index (χ1) is 13.8. The smallest absolute Gasteiger partial charge is 0.368 e. The summed E-state index contributed by atoms with van der Waals surface area (Å²) >= 11 is 0. The monoisotopic (exact) mass is 397 g/mol. The highest BCUT2D eigenvalue weighted by Crippen LogP contribution is 2.32. The number of alkyl halides is 3. The molecule has 1 amide bonds. The van der Waals surface area contributed by atoms with Crippen LogP contribution in [0.15, 0.2) is 67.1 Å². The van der Waals surface area contributed by atoms with Crippen LogP contribution < -0.4 is 11.1 Å².